The van der Waals surface area contributed by atoms with Gasteiger partial charge in [0.1, 0.15) is 6.04 Å². The highest BCUT2D eigenvalue weighted by Crippen LogP contribution is 2.17. The van der Waals surface area contributed by atoms with Gasteiger partial charge in [-0.2, -0.15) is 13.2 Å². The zero-order valence-corrected chi connectivity index (χ0v) is 46.3. The number of guanidine groups is 1. The first-order valence-electron chi connectivity index (χ1n) is 29.0. The predicted octanol–water partition coefficient (Wildman–Crippen LogP) is 11.3. The Balaban J connectivity index is 0. The molecule has 0 aromatic heterocycles. The average molecular weight is 1060 g/mol. The Morgan fingerprint density at radius 2 is 0.824 bits per heavy atom. The van der Waals surface area contributed by atoms with Crippen LogP contribution in [-0.2, 0) is 28.8 Å². The van der Waals surface area contributed by atoms with Crippen molar-refractivity contribution in [2.75, 3.05) is 32.7 Å². The number of alkyl halides is 3. The largest absolute Gasteiger partial charge is 0.490 e. The molecule has 0 aromatic rings. The molecule has 0 saturated heterocycles. The van der Waals surface area contributed by atoms with Crippen molar-refractivity contribution >= 4 is 41.5 Å². The van der Waals surface area contributed by atoms with Crippen molar-refractivity contribution in [1.82, 2.24) is 20.9 Å². The fourth-order valence-electron chi connectivity index (χ4n) is 8.45. The molecule has 0 unspecified atom stereocenters. The van der Waals surface area contributed by atoms with Crippen LogP contribution in [0.5, 0.6) is 0 Å². The second kappa shape index (κ2) is 52.1. The summed E-state index contributed by atoms with van der Waals surface area (Å²) in [7, 11) is 0. The second-order valence-electron chi connectivity index (χ2n) is 19.9. The Morgan fingerprint density at radius 3 is 1.11 bits per heavy atom. The third kappa shape index (κ3) is 52.5. The number of halogens is 3. The molecule has 15 nitrogen and oxygen atoms in total. The SMILES string of the molecule is CCCCCCCCCCCCCCCCCCCC(=O)NCCN(CCNC(=O)CCCCCCCCCCCCCCCCCCC)C(=O)/C=C\C(=O)N[C@@H](CCCN=C(N)N)C(N)=O.O=C(O)C(F)(F)F. The van der Waals surface area contributed by atoms with E-state index in [0.29, 0.717) is 19.3 Å². The number of unbranched alkanes of at least 4 members (excludes halogenated alkanes) is 32. The molecule has 0 spiro atoms. The first-order valence-corrected chi connectivity index (χ1v) is 29.0. The number of aliphatic imine (C=N–C) groups is 1. The van der Waals surface area contributed by atoms with Crippen molar-refractivity contribution in [3.8, 4) is 0 Å². The van der Waals surface area contributed by atoms with Gasteiger partial charge < -0.3 is 43.2 Å². The average Bonchev–Trinajstić information content (AvgIpc) is 3.35. The minimum absolute atomic E-state index is 0.0528. The highest BCUT2D eigenvalue weighted by Gasteiger charge is 2.38. The van der Waals surface area contributed by atoms with Crippen LogP contribution in [0, 0.1) is 0 Å². The van der Waals surface area contributed by atoms with Crippen molar-refractivity contribution in [3.63, 3.8) is 0 Å². The molecule has 0 fully saturated rings. The number of aliphatic carboxylic acids is 1. The maximum atomic E-state index is 13.3. The van der Waals surface area contributed by atoms with E-state index in [2.05, 4.69) is 34.8 Å². The third-order valence-corrected chi connectivity index (χ3v) is 13.0. The summed E-state index contributed by atoms with van der Waals surface area (Å²) in [5, 5.41) is 15.5. The molecule has 0 rings (SSSR count). The zero-order chi connectivity index (χ0) is 55.3. The van der Waals surface area contributed by atoms with Gasteiger partial charge in [0.25, 0.3) is 0 Å². The number of nitrogens with one attached hydrogen (secondary N) is 3. The number of carbonyl (C=O) groups excluding carboxylic acids is 5. The maximum absolute atomic E-state index is 13.3. The van der Waals surface area contributed by atoms with Gasteiger partial charge in [0.05, 0.1) is 0 Å². The summed E-state index contributed by atoms with van der Waals surface area (Å²) in [6.45, 7) is 5.72. The summed E-state index contributed by atoms with van der Waals surface area (Å²) in [6.07, 6.45) is 42.3. The molecule has 5 amide bonds. The topological polar surface area (TPSA) is 252 Å². The molecule has 10 N–H and O–H groups in total. The molecular formula is C56H105F3N8O7. The molecule has 0 saturated carbocycles. The number of carbonyl (C=O) groups is 6. The number of carboxylic acid groups (broad SMARTS) is 1. The van der Waals surface area contributed by atoms with Crippen molar-refractivity contribution < 1.29 is 47.0 Å². The van der Waals surface area contributed by atoms with Gasteiger partial charge in [-0.1, -0.05) is 219 Å². The first-order chi connectivity index (χ1) is 35.5. The van der Waals surface area contributed by atoms with Gasteiger partial charge in [0, 0.05) is 57.7 Å². The van der Waals surface area contributed by atoms with Crippen LogP contribution in [0.25, 0.3) is 0 Å². The summed E-state index contributed by atoms with van der Waals surface area (Å²) < 4.78 is 31.7. The van der Waals surface area contributed by atoms with Gasteiger partial charge >= 0.3 is 12.1 Å². The Kier molecular flexibility index (Phi) is 50.5. The quantitative estimate of drug-likeness (QED) is 0.0132. The van der Waals surface area contributed by atoms with E-state index in [1.54, 1.807) is 0 Å². The zero-order valence-electron chi connectivity index (χ0n) is 46.3. The fraction of sp³-hybridized carbons (Fsp3) is 0.839. The van der Waals surface area contributed by atoms with Gasteiger partial charge in [0.15, 0.2) is 5.96 Å². The van der Waals surface area contributed by atoms with Crippen molar-refractivity contribution in [1.29, 1.82) is 0 Å². The summed E-state index contributed by atoms with van der Waals surface area (Å²) in [6, 6.07) is -0.957. The molecule has 18 heteroatoms. The molecular weight excluding hydrogens is 954 g/mol. The molecule has 0 aliphatic rings. The summed E-state index contributed by atoms with van der Waals surface area (Å²) in [4.78, 5) is 77.5. The van der Waals surface area contributed by atoms with Gasteiger partial charge in [-0.25, -0.2) is 4.79 Å². The number of carboxylic acids is 1. The molecule has 432 valence electrons. The van der Waals surface area contributed by atoms with Crippen LogP contribution in [0.1, 0.15) is 258 Å². The smallest absolute Gasteiger partial charge is 0.475 e. The van der Waals surface area contributed by atoms with Crippen LogP contribution in [0.3, 0.4) is 0 Å². The molecule has 0 radical (unpaired) electrons. The van der Waals surface area contributed by atoms with E-state index < -0.39 is 35.9 Å². The van der Waals surface area contributed by atoms with Crippen LogP contribution in [-0.4, -0.2) is 96.4 Å². The lowest BCUT2D eigenvalue weighted by atomic mass is 10.0. The van der Waals surface area contributed by atoms with Gasteiger partial charge in [-0.15, -0.1) is 0 Å². The van der Waals surface area contributed by atoms with Crippen LogP contribution in [0.15, 0.2) is 17.1 Å². The Bertz CT molecular complexity index is 1430. The van der Waals surface area contributed by atoms with Crippen LogP contribution < -0.4 is 33.2 Å². The van der Waals surface area contributed by atoms with E-state index in [-0.39, 0.29) is 56.9 Å². The molecule has 1 atom stereocenters. The Hall–Kier alpha value is -4.38. The highest BCUT2D eigenvalue weighted by molar-refractivity contribution is 5.98. The van der Waals surface area contributed by atoms with Crippen molar-refractivity contribution in [2.45, 2.75) is 270 Å². The number of nitrogens with zero attached hydrogens (tertiary/aromatic N) is 2. The monoisotopic (exact) mass is 1060 g/mol. The normalized spacial score (nSPS) is 11.6. The molecule has 0 aliphatic carbocycles. The fourth-order valence-corrected chi connectivity index (χ4v) is 8.45. The molecule has 74 heavy (non-hydrogen) atoms. The Labute approximate surface area is 445 Å². The van der Waals surface area contributed by atoms with Gasteiger partial charge in [-0.3, -0.25) is 29.0 Å². The third-order valence-electron chi connectivity index (χ3n) is 13.0. The standard InChI is InChI=1S/C54H104N8O5.C2HF3O2/c1-3-5-7-9-11-13-15-17-19-21-23-25-27-29-31-33-35-39-49(63)58-44-46-62(52(66)42-41-51(65)61-48(53(55)67)38-37-43-60-54(56)57)47-45-59-50(64)40-36-34-32-30-28-26-24-22-20-18-16-14-12-10-8-6-4-2;3-2(4,5)1(6)7/h41-42,48H,3-40,43-47H2,1-2H3,(H2,55,67)(H,58,63)(H,59,64)(H,61,65)(H4,56,57,60);(H,6,7)/b42-41-;/t48-;/m0./s1. The van der Waals surface area contributed by atoms with Crippen molar-refractivity contribution in [3.05, 3.63) is 12.2 Å². The number of rotatable bonds is 50. The number of nitrogens with two attached hydrogens (primary N) is 3. The predicted molar refractivity (Wildman–Crippen MR) is 294 cm³/mol. The van der Waals surface area contributed by atoms with Crippen LogP contribution in [0.4, 0.5) is 13.2 Å². The summed E-state index contributed by atoms with van der Waals surface area (Å²) >= 11 is 0. The summed E-state index contributed by atoms with van der Waals surface area (Å²) in [5.41, 5.74) is 16.2. The van der Waals surface area contributed by atoms with E-state index in [0.717, 1.165) is 50.7 Å². The number of hydrogen-bond acceptors (Lipinski definition) is 7. The highest BCUT2D eigenvalue weighted by atomic mass is 19.4. The number of primary amides is 1. The molecule has 0 aromatic carbocycles. The Morgan fingerprint density at radius 1 is 0.514 bits per heavy atom. The maximum Gasteiger partial charge on any atom is 0.490 e. The second-order valence-corrected chi connectivity index (χ2v) is 19.9. The van der Waals surface area contributed by atoms with E-state index in [1.165, 1.54) is 185 Å². The number of amides is 5. The first kappa shape index (κ1) is 71.7. The molecule has 0 aliphatic heterocycles. The van der Waals surface area contributed by atoms with E-state index >= 15 is 0 Å². The van der Waals surface area contributed by atoms with E-state index in [1.807, 2.05) is 0 Å². The van der Waals surface area contributed by atoms with Crippen molar-refractivity contribution in [2.24, 2.45) is 22.2 Å². The lowest BCUT2D eigenvalue weighted by molar-refractivity contribution is -0.192. The van der Waals surface area contributed by atoms with Crippen LogP contribution in [0.2, 0.25) is 0 Å². The van der Waals surface area contributed by atoms with E-state index in [9.17, 15) is 37.1 Å². The number of hydrogen-bond donors (Lipinski definition) is 7. The van der Waals surface area contributed by atoms with Gasteiger partial charge in [-0.05, 0) is 25.7 Å². The minimum atomic E-state index is -5.08. The molecule has 0 heterocycles. The van der Waals surface area contributed by atoms with Crippen LogP contribution >= 0.6 is 0 Å². The summed E-state index contributed by atoms with van der Waals surface area (Å²) in [5.74, 6) is -4.75. The lowest BCUT2D eigenvalue weighted by Gasteiger charge is -2.22. The van der Waals surface area contributed by atoms with E-state index in [4.69, 9.17) is 27.1 Å². The minimum Gasteiger partial charge on any atom is -0.475 e. The van der Waals surface area contributed by atoms with Gasteiger partial charge in [0.2, 0.25) is 29.5 Å². The lowest BCUT2D eigenvalue weighted by Crippen LogP contribution is -2.44. The molecule has 0 bridgehead atoms.